The van der Waals surface area contributed by atoms with E-state index < -0.39 is 25.1 Å². The Bertz CT molecular complexity index is 1320. The van der Waals surface area contributed by atoms with Crippen molar-refractivity contribution >= 4 is 36.2 Å². The number of amides is 3. The van der Waals surface area contributed by atoms with Crippen molar-refractivity contribution < 1.29 is 33.6 Å². The van der Waals surface area contributed by atoms with E-state index in [0.717, 1.165) is 5.56 Å². The summed E-state index contributed by atoms with van der Waals surface area (Å²) in [7, 11) is -1.66. The Hall–Kier alpha value is -4.22. The lowest BCUT2D eigenvalue weighted by atomic mass is 9.79. The van der Waals surface area contributed by atoms with E-state index in [1.165, 1.54) is 30.0 Å². The molecule has 3 aromatic rings. The van der Waals surface area contributed by atoms with Crippen molar-refractivity contribution in [1.82, 2.24) is 10.6 Å². The summed E-state index contributed by atoms with van der Waals surface area (Å²) in [6, 6.07) is 17.5. The molecular weight excluding hydrogens is 480 g/mol. The Kier molecular flexibility index (Phi) is 7.85. The standard InChI is InChI=1S/C26H25BFN3O6/c1-16(32)29-14-22-15-31(26(34)37-22)21-9-10-23(24(28)12-21)18-7-5-17(6-8-18)13-30-25(33)19-3-2-4-20(11-19)27(35)36/h2-12,22,35-36H,13-15H2,1H3,(H,29,32)(H,30,33)/t22-/m0/s1. The number of halogens is 1. The quantitative estimate of drug-likeness (QED) is 0.344. The van der Waals surface area contributed by atoms with Crippen LogP contribution in [0.3, 0.4) is 0 Å². The number of carbonyl (C=O) groups excluding carboxylic acids is 3. The zero-order valence-electron chi connectivity index (χ0n) is 20.0. The van der Waals surface area contributed by atoms with Crippen LogP contribution in [0.2, 0.25) is 0 Å². The fourth-order valence-corrected chi connectivity index (χ4v) is 3.93. The van der Waals surface area contributed by atoms with Crippen molar-refractivity contribution in [3.8, 4) is 11.1 Å². The summed E-state index contributed by atoms with van der Waals surface area (Å²) in [5.74, 6) is -1.11. The van der Waals surface area contributed by atoms with Gasteiger partial charge in [-0.15, -0.1) is 0 Å². The van der Waals surface area contributed by atoms with Gasteiger partial charge in [-0.1, -0.05) is 36.4 Å². The van der Waals surface area contributed by atoms with Gasteiger partial charge in [0.1, 0.15) is 11.9 Å². The molecule has 0 spiro atoms. The molecule has 11 heteroatoms. The summed E-state index contributed by atoms with van der Waals surface area (Å²) in [6.45, 7) is 1.98. The minimum absolute atomic E-state index is 0.184. The van der Waals surface area contributed by atoms with Gasteiger partial charge < -0.3 is 25.4 Å². The molecule has 37 heavy (non-hydrogen) atoms. The number of carbonyl (C=O) groups is 3. The molecule has 3 aromatic carbocycles. The van der Waals surface area contributed by atoms with E-state index in [0.29, 0.717) is 22.4 Å². The van der Waals surface area contributed by atoms with Crippen molar-refractivity contribution in [2.45, 2.75) is 19.6 Å². The maximum absolute atomic E-state index is 15.0. The molecule has 1 aliphatic heterocycles. The zero-order chi connectivity index (χ0) is 26.5. The Balaban J connectivity index is 1.38. The Morgan fingerprint density at radius 2 is 1.84 bits per heavy atom. The molecule has 0 bridgehead atoms. The molecule has 0 aromatic heterocycles. The molecule has 4 rings (SSSR count). The molecule has 1 saturated heterocycles. The Morgan fingerprint density at radius 3 is 2.51 bits per heavy atom. The zero-order valence-corrected chi connectivity index (χ0v) is 20.0. The first-order valence-electron chi connectivity index (χ1n) is 11.6. The van der Waals surface area contributed by atoms with Crippen molar-refractivity contribution in [3.05, 3.63) is 83.7 Å². The molecule has 190 valence electrons. The lowest BCUT2D eigenvalue weighted by Crippen LogP contribution is -2.33. The minimum Gasteiger partial charge on any atom is -0.442 e. The number of cyclic esters (lactones) is 1. The number of rotatable bonds is 8. The molecule has 1 atom stereocenters. The van der Waals surface area contributed by atoms with Crippen LogP contribution in [-0.2, 0) is 16.1 Å². The summed E-state index contributed by atoms with van der Waals surface area (Å²) in [5.41, 5.74) is 2.63. The fraction of sp³-hybridized carbons (Fsp3) is 0.192. The normalized spacial score (nSPS) is 14.8. The molecule has 4 N–H and O–H groups in total. The predicted octanol–water partition coefficient (Wildman–Crippen LogP) is 1.56. The van der Waals surface area contributed by atoms with Crippen molar-refractivity contribution in [2.75, 3.05) is 18.0 Å². The highest BCUT2D eigenvalue weighted by Crippen LogP contribution is 2.29. The third-order valence-electron chi connectivity index (χ3n) is 5.88. The van der Waals surface area contributed by atoms with Gasteiger partial charge in [-0.25, -0.2) is 9.18 Å². The van der Waals surface area contributed by atoms with Crippen LogP contribution >= 0.6 is 0 Å². The van der Waals surface area contributed by atoms with E-state index in [1.54, 1.807) is 48.5 Å². The van der Waals surface area contributed by atoms with Crippen LogP contribution in [0.25, 0.3) is 11.1 Å². The SMILES string of the molecule is CC(=O)NC[C@H]1CN(c2ccc(-c3ccc(CNC(=O)c4cccc(B(O)O)c4)cc3)c(F)c2)C(=O)O1. The molecular formula is C26H25BFN3O6. The maximum Gasteiger partial charge on any atom is 0.488 e. The van der Waals surface area contributed by atoms with Gasteiger partial charge in [-0.05, 0) is 46.9 Å². The smallest absolute Gasteiger partial charge is 0.442 e. The molecule has 1 aliphatic rings. The highest BCUT2D eigenvalue weighted by molar-refractivity contribution is 6.58. The number of anilines is 1. The molecule has 9 nitrogen and oxygen atoms in total. The lowest BCUT2D eigenvalue weighted by Gasteiger charge is -2.15. The number of nitrogens with one attached hydrogen (secondary N) is 2. The van der Waals surface area contributed by atoms with E-state index in [-0.39, 0.29) is 36.9 Å². The van der Waals surface area contributed by atoms with Gasteiger partial charge in [-0.3, -0.25) is 14.5 Å². The van der Waals surface area contributed by atoms with Crippen LogP contribution in [0.15, 0.2) is 66.7 Å². The molecule has 0 radical (unpaired) electrons. The number of benzene rings is 3. The molecule has 1 fully saturated rings. The first-order chi connectivity index (χ1) is 17.7. The van der Waals surface area contributed by atoms with Crippen molar-refractivity contribution in [1.29, 1.82) is 0 Å². The van der Waals surface area contributed by atoms with Crippen molar-refractivity contribution in [2.24, 2.45) is 0 Å². The summed E-state index contributed by atoms with van der Waals surface area (Å²) in [6.07, 6.45) is -1.12. The van der Waals surface area contributed by atoms with Crippen LogP contribution < -0.4 is 21.0 Å². The van der Waals surface area contributed by atoms with Gasteiger partial charge in [0.05, 0.1) is 18.8 Å². The third kappa shape index (κ3) is 6.32. The van der Waals surface area contributed by atoms with E-state index in [2.05, 4.69) is 10.6 Å². The number of nitrogens with zero attached hydrogens (tertiary/aromatic N) is 1. The highest BCUT2D eigenvalue weighted by Gasteiger charge is 2.32. The van der Waals surface area contributed by atoms with E-state index in [9.17, 15) is 28.8 Å². The van der Waals surface area contributed by atoms with Crippen molar-refractivity contribution in [3.63, 3.8) is 0 Å². The average molecular weight is 505 g/mol. The second kappa shape index (κ2) is 11.2. The first-order valence-corrected chi connectivity index (χ1v) is 11.6. The van der Waals surface area contributed by atoms with Gasteiger partial charge >= 0.3 is 13.2 Å². The molecule has 0 aliphatic carbocycles. The summed E-state index contributed by atoms with van der Waals surface area (Å²) >= 11 is 0. The molecule has 1 heterocycles. The van der Waals surface area contributed by atoms with Gasteiger partial charge in [0, 0.05) is 24.6 Å². The summed E-state index contributed by atoms with van der Waals surface area (Å²) in [4.78, 5) is 37.0. The molecule has 3 amide bonds. The molecule has 0 unspecified atom stereocenters. The van der Waals surface area contributed by atoms with Crippen LogP contribution in [0.1, 0.15) is 22.8 Å². The Morgan fingerprint density at radius 1 is 1.08 bits per heavy atom. The van der Waals surface area contributed by atoms with Gasteiger partial charge in [0.15, 0.2) is 0 Å². The average Bonchev–Trinajstić information content (AvgIpc) is 3.26. The van der Waals surface area contributed by atoms with Gasteiger partial charge in [0.2, 0.25) is 5.91 Å². The van der Waals surface area contributed by atoms with E-state index in [4.69, 9.17) is 4.74 Å². The summed E-state index contributed by atoms with van der Waals surface area (Å²) in [5, 5.41) is 23.9. The maximum atomic E-state index is 15.0. The largest absolute Gasteiger partial charge is 0.488 e. The van der Waals surface area contributed by atoms with Crippen LogP contribution in [-0.4, -0.2) is 54.3 Å². The number of hydrogen-bond donors (Lipinski definition) is 4. The van der Waals surface area contributed by atoms with Crippen LogP contribution in [0, 0.1) is 5.82 Å². The van der Waals surface area contributed by atoms with Gasteiger partial charge in [0.25, 0.3) is 5.91 Å². The van der Waals surface area contributed by atoms with Gasteiger partial charge in [-0.2, -0.15) is 0 Å². The first kappa shape index (κ1) is 25.9. The second-order valence-electron chi connectivity index (χ2n) is 8.60. The topological polar surface area (TPSA) is 128 Å². The minimum atomic E-state index is -1.66. The Labute approximate surface area is 213 Å². The highest BCUT2D eigenvalue weighted by atomic mass is 19.1. The fourth-order valence-electron chi connectivity index (χ4n) is 3.93. The second-order valence-corrected chi connectivity index (χ2v) is 8.60. The van der Waals surface area contributed by atoms with Crippen LogP contribution in [0.5, 0.6) is 0 Å². The summed E-state index contributed by atoms with van der Waals surface area (Å²) < 4.78 is 20.2. The third-order valence-corrected chi connectivity index (χ3v) is 5.88. The van der Waals surface area contributed by atoms with E-state index >= 15 is 0 Å². The molecule has 0 saturated carbocycles. The number of hydrogen-bond acceptors (Lipinski definition) is 6. The number of ether oxygens (including phenoxy) is 1. The van der Waals surface area contributed by atoms with E-state index in [1.807, 2.05) is 0 Å². The predicted molar refractivity (Wildman–Crippen MR) is 136 cm³/mol. The van der Waals surface area contributed by atoms with Crippen LogP contribution in [0.4, 0.5) is 14.9 Å². The monoisotopic (exact) mass is 505 g/mol. The lowest BCUT2D eigenvalue weighted by molar-refractivity contribution is -0.119.